The van der Waals surface area contributed by atoms with E-state index in [0.29, 0.717) is 16.1 Å². The second kappa shape index (κ2) is 11.5. The molecule has 0 aliphatic heterocycles. The van der Waals surface area contributed by atoms with E-state index in [9.17, 15) is 14.4 Å². The lowest BCUT2D eigenvalue weighted by Crippen LogP contribution is -2.34. The van der Waals surface area contributed by atoms with E-state index >= 15 is 0 Å². The predicted octanol–water partition coefficient (Wildman–Crippen LogP) is 5.25. The predicted molar refractivity (Wildman–Crippen MR) is 140 cm³/mol. The van der Waals surface area contributed by atoms with Crippen LogP contribution >= 0.6 is 23.2 Å². The van der Waals surface area contributed by atoms with Crippen LogP contribution in [0.5, 0.6) is 5.75 Å². The molecule has 0 bridgehead atoms. The third-order valence-corrected chi connectivity index (χ3v) is 5.71. The van der Waals surface area contributed by atoms with Crippen molar-refractivity contribution in [2.75, 3.05) is 6.54 Å². The minimum absolute atomic E-state index is 0.222. The number of benzene rings is 4. The Labute approximate surface area is 216 Å². The molecule has 0 aliphatic carbocycles. The molecule has 0 saturated heterocycles. The van der Waals surface area contributed by atoms with Crippen LogP contribution in [0.25, 0.3) is 10.8 Å². The van der Waals surface area contributed by atoms with Crippen molar-refractivity contribution in [2.24, 2.45) is 5.10 Å². The highest BCUT2D eigenvalue weighted by Crippen LogP contribution is 2.28. The number of amides is 2. The van der Waals surface area contributed by atoms with E-state index in [4.69, 9.17) is 27.9 Å². The van der Waals surface area contributed by atoms with Gasteiger partial charge >= 0.3 is 5.97 Å². The molecule has 9 heteroatoms. The maximum absolute atomic E-state index is 12.7. The summed E-state index contributed by atoms with van der Waals surface area (Å²) < 4.78 is 5.62. The van der Waals surface area contributed by atoms with E-state index in [0.717, 1.165) is 10.8 Å². The van der Waals surface area contributed by atoms with Crippen LogP contribution < -0.4 is 15.5 Å². The quantitative estimate of drug-likeness (QED) is 0.151. The number of carbonyl (C=O) groups excluding carboxylic acids is 3. The van der Waals surface area contributed by atoms with Crippen LogP contribution in [0.1, 0.15) is 26.3 Å². The molecule has 0 heterocycles. The van der Waals surface area contributed by atoms with Gasteiger partial charge in [-0.2, -0.15) is 5.10 Å². The Morgan fingerprint density at radius 1 is 0.861 bits per heavy atom. The first-order valence-electron chi connectivity index (χ1n) is 10.8. The smallest absolute Gasteiger partial charge is 0.345 e. The maximum Gasteiger partial charge on any atom is 0.345 e. The first-order chi connectivity index (χ1) is 17.4. The average Bonchev–Trinajstić information content (AvgIpc) is 2.89. The second-order valence-electron chi connectivity index (χ2n) is 7.55. The van der Waals surface area contributed by atoms with Crippen molar-refractivity contribution in [1.82, 2.24) is 10.7 Å². The molecule has 7 nitrogen and oxygen atoms in total. The molecule has 36 heavy (non-hydrogen) atoms. The number of fused-ring (bicyclic) bond motifs is 1. The van der Waals surface area contributed by atoms with Crippen molar-refractivity contribution in [3.05, 3.63) is 112 Å². The summed E-state index contributed by atoms with van der Waals surface area (Å²) in [6.07, 6.45) is 1.39. The highest BCUT2D eigenvalue weighted by molar-refractivity contribution is 6.33. The number of esters is 1. The Morgan fingerprint density at radius 3 is 2.36 bits per heavy atom. The molecule has 180 valence electrons. The van der Waals surface area contributed by atoms with Crippen molar-refractivity contribution in [1.29, 1.82) is 0 Å². The topological polar surface area (TPSA) is 96.9 Å². The van der Waals surface area contributed by atoms with E-state index in [1.165, 1.54) is 6.21 Å². The third-order valence-electron chi connectivity index (χ3n) is 5.13. The summed E-state index contributed by atoms with van der Waals surface area (Å²) in [5.41, 5.74) is 3.45. The Morgan fingerprint density at radius 2 is 1.58 bits per heavy atom. The standard InChI is InChI=1S/C27H19Cl2N3O4/c28-19-12-9-18(10-13-19)26(34)30-16-25(33)32-31-15-22-20-6-2-1-5-17(20)11-14-24(22)36-27(35)21-7-3-4-8-23(21)29/h1-15H,16H2,(H,30,34)(H,32,33). The number of halogens is 2. The van der Waals surface area contributed by atoms with Gasteiger partial charge in [0.25, 0.3) is 11.8 Å². The van der Waals surface area contributed by atoms with Gasteiger partial charge in [0.15, 0.2) is 0 Å². The normalized spacial score (nSPS) is 10.8. The molecule has 4 aromatic carbocycles. The van der Waals surface area contributed by atoms with Gasteiger partial charge in [0.1, 0.15) is 5.75 Å². The zero-order valence-electron chi connectivity index (χ0n) is 18.7. The number of hydrazone groups is 1. The summed E-state index contributed by atoms with van der Waals surface area (Å²) in [5.74, 6) is -1.34. The summed E-state index contributed by atoms with van der Waals surface area (Å²) >= 11 is 11.9. The first-order valence-corrected chi connectivity index (χ1v) is 11.5. The Balaban J connectivity index is 1.47. The van der Waals surface area contributed by atoms with Crippen LogP contribution in [0, 0.1) is 0 Å². The monoisotopic (exact) mass is 519 g/mol. The zero-order valence-corrected chi connectivity index (χ0v) is 20.2. The number of carbonyl (C=O) groups is 3. The first kappa shape index (κ1) is 24.9. The molecule has 0 unspecified atom stereocenters. The average molecular weight is 520 g/mol. The van der Waals surface area contributed by atoms with Crippen molar-refractivity contribution >= 4 is 58.0 Å². The Hall–Kier alpha value is -4.20. The van der Waals surface area contributed by atoms with Gasteiger partial charge in [-0.15, -0.1) is 0 Å². The van der Waals surface area contributed by atoms with E-state index in [-0.39, 0.29) is 22.9 Å². The minimum Gasteiger partial charge on any atom is -0.422 e. The molecule has 0 fully saturated rings. The molecule has 0 spiro atoms. The van der Waals surface area contributed by atoms with Gasteiger partial charge in [-0.1, -0.05) is 65.7 Å². The molecular formula is C27H19Cl2N3O4. The van der Waals surface area contributed by atoms with Gasteiger partial charge < -0.3 is 10.1 Å². The fourth-order valence-electron chi connectivity index (χ4n) is 3.35. The molecule has 4 rings (SSSR count). The largest absolute Gasteiger partial charge is 0.422 e. The number of nitrogens with one attached hydrogen (secondary N) is 2. The van der Waals surface area contributed by atoms with Crippen molar-refractivity contribution in [3.63, 3.8) is 0 Å². The lowest BCUT2D eigenvalue weighted by molar-refractivity contribution is -0.120. The Bertz CT molecular complexity index is 1470. The third kappa shape index (κ3) is 6.07. The van der Waals surface area contributed by atoms with E-state index in [1.54, 1.807) is 54.6 Å². The SMILES string of the molecule is O=C(CNC(=O)c1ccc(Cl)cc1)NN=Cc1c(OC(=O)c2ccccc2Cl)ccc2ccccc12. The van der Waals surface area contributed by atoms with E-state index < -0.39 is 17.8 Å². The van der Waals surface area contributed by atoms with Crippen molar-refractivity contribution in [3.8, 4) is 5.75 Å². The van der Waals surface area contributed by atoms with Gasteiger partial charge in [0, 0.05) is 16.1 Å². The van der Waals surface area contributed by atoms with Crippen LogP contribution in [-0.2, 0) is 4.79 Å². The molecule has 0 aliphatic rings. The van der Waals surface area contributed by atoms with E-state index in [1.807, 2.05) is 30.3 Å². The molecule has 0 saturated carbocycles. The number of rotatable bonds is 7. The van der Waals surface area contributed by atoms with Crippen LogP contribution in [0.4, 0.5) is 0 Å². The molecule has 4 aromatic rings. The lowest BCUT2D eigenvalue weighted by atomic mass is 10.0. The van der Waals surface area contributed by atoms with Crippen LogP contribution in [0.2, 0.25) is 10.0 Å². The van der Waals surface area contributed by atoms with Gasteiger partial charge in [-0.25, -0.2) is 10.2 Å². The van der Waals surface area contributed by atoms with Crippen molar-refractivity contribution in [2.45, 2.75) is 0 Å². The van der Waals surface area contributed by atoms with Gasteiger partial charge in [0.2, 0.25) is 0 Å². The van der Waals surface area contributed by atoms with E-state index in [2.05, 4.69) is 15.8 Å². The summed E-state index contributed by atoms with van der Waals surface area (Å²) in [5, 5.41) is 8.93. The molecule has 0 aromatic heterocycles. The highest BCUT2D eigenvalue weighted by atomic mass is 35.5. The van der Waals surface area contributed by atoms with Crippen molar-refractivity contribution < 1.29 is 19.1 Å². The molecular weight excluding hydrogens is 501 g/mol. The number of hydrogen-bond donors (Lipinski definition) is 2. The Kier molecular flexibility index (Phi) is 7.95. The van der Waals surface area contributed by atoms with Gasteiger partial charge in [0.05, 0.1) is 23.3 Å². The summed E-state index contributed by atoms with van der Waals surface area (Å²) in [7, 11) is 0. The lowest BCUT2D eigenvalue weighted by Gasteiger charge is -2.11. The molecule has 0 radical (unpaired) electrons. The fraction of sp³-hybridized carbons (Fsp3) is 0.0370. The van der Waals surface area contributed by atoms with Crippen LogP contribution in [0.3, 0.4) is 0 Å². The molecule has 2 amide bonds. The summed E-state index contributed by atoms with van der Waals surface area (Å²) in [6.45, 7) is -0.289. The second-order valence-corrected chi connectivity index (χ2v) is 8.39. The summed E-state index contributed by atoms with van der Waals surface area (Å²) in [6, 6.07) is 23.8. The maximum atomic E-state index is 12.7. The van der Waals surface area contributed by atoms with Gasteiger partial charge in [-0.3, -0.25) is 9.59 Å². The number of ether oxygens (including phenoxy) is 1. The molecule has 2 N–H and O–H groups in total. The number of nitrogens with zero attached hydrogens (tertiary/aromatic N) is 1. The fourth-order valence-corrected chi connectivity index (χ4v) is 3.69. The van der Waals surface area contributed by atoms with Crippen LogP contribution in [-0.4, -0.2) is 30.5 Å². The summed E-state index contributed by atoms with van der Waals surface area (Å²) in [4.78, 5) is 37.1. The molecule has 0 atom stereocenters. The highest BCUT2D eigenvalue weighted by Gasteiger charge is 2.16. The zero-order chi connectivity index (χ0) is 25.5. The number of hydrogen-bond acceptors (Lipinski definition) is 5. The van der Waals surface area contributed by atoms with Crippen LogP contribution in [0.15, 0.2) is 90.0 Å². The minimum atomic E-state index is -0.625. The van der Waals surface area contributed by atoms with Gasteiger partial charge in [-0.05, 0) is 53.2 Å².